The highest BCUT2D eigenvalue weighted by molar-refractivity contribution is 5.85. The summed E-state index contributed by atoms with van der Waals surface area (Å²) in [6.45, 7) is 3.86. The van der Waals surface area contributed by atoms with Crippen molar-refractivity contribution in [3.8, 4) is 0 Å². The summed E-state index contributed by atoms with van der Waals surface area (Å²) in [5, 5.41) is 3.16. The highest BCUT2D eigenvalue weighted by Crippen LogP contribution is 2.22. The molecule has 1 aromatic heterocycles. The summed E-state index contributed by atoms with van der Waals surface area (Å²) >= 11 is 0. The molecule has 5 nitrogen and oxygen atoms in total. The zero-order valence-corrected chi connectivity index (χ0v) is 15.7. The number of anilines is 3. The predicted octanol–water partition coefficient (Wildman–Crippen LogP) is 3.69. The Kier molecular flexibility index (Phi) is 8.35. The van der Waals surface area contributed by atoms with Crippen LogP contribution >= 0.6 is 24.8 Å². The van der Waals surface area contributed by atoms with E-state index in [1.807, 2.05) is 6.07 Å². The van der Waals surface area contributed by atoms with Crippen molar-refractivity contribution in [3.05, 3.63) is 41.8 Å². The third-order valence-electron chi connectivity index (χ3n) is 3.92. The van der Waals surface area contributed by atoms with Crippen molar-refractivity contribution in [2.24, 2.45) is 5.73 Å². The average molecular weight is 388 g/mol. The van der Waals surface area contributed by atoms with Gasteiger partial charge in [0.25, 0.3) is 0 Å². The number of aryl methyl sites for hydroxylation is 1. The molecule has 0 saturated carbocycles. The topological polar surface area (TPSA) is 67.1 Å². The molecule has 138 valence electrons. The van der Waals surface area contributed by atoms with E-state index in [9.17, 15) is 4.39 Å². The minimum atomic E-state index is -0.261. The van der Waals surface area contributed by atoms with Crippen LogP contribution in [-0.4, -0.2) is 29.1 Å². The quantitative estimate of drug-likeness (QED) is 0.818. The summed E-state index contributed by atoms with van der Waals surface area (Å²) in [4.78, 5) is 11.4. The van der Waals surface area contributed by atoms with Crippen LogP contribution in [0.3, 0.4) is 0 Å². The van der Waals surface area contributed by atoms with Gasteiger partial charge < -0.3 is 16.0 Å². The Morgan fingerprint density at radius 1 is 1.24 bits per heavy atom. The molecule has 8 heteroatoms. The zero-order valence-electron chi connectivity index (χ0n) is 14.1. The lowest BCUT2D eigenvalue weighted by Gasteiger charge is -2.18. The monoisotopic (exact) mass is 387 g/mol. The van der Waals surface area contributed by atoms with E-state index >= 15 is 0 Å². The molecule has 1 saturated heterocycles. The van der Waals surface area contributed by atoms with E-state index < -0.39 is 0 Å². The Balaban J connectivity index is 0.00000156. The van der Waals surface area contributed by atoms with E-state index in [1.165, 1.54) is 12.1 Å². The molecule has 2 heterocycles. The van der Waals surface area contributed by atoms with Crippen molar-refractivity contribution >= 4 is 42.3 Å². The fraction of sp³-hybridized carbons (Fsp3) is 0.412. The first-order chi connectivity index (χ1) is 11.1. The smallest absolute Gasteiger partial charge is 0.229 e. The van der Waals surface area contributed by atoms with Crippen LogP contribution in [0.2, 0.25) is 0 Å². The molecular formula is C17H24Cl2FN5. The first-order valence-electron chi connectivity index (χ1n) is 8.05. The first-order valence-corrected chi connectivity index (χ1v) is 8.05. The Morgan fingerprint density at radius 3 is 2.56 bits per heavy atom. The number of halogens is 3. The predicted molar refractivity (Wildman–Crippen MR) is 105 cm³/mol. The van der Waals surface area contributed by atoms with Crippen molar-refractivity contribution < 1.29 is 4.39 Å². The van der Waals surface area contributed by atoms with Crippen LogP contribution in [0.5, 0.6) is 0 Å². The van der Waals surface area contributed by atoms with E-state index in [1.54, 1.807) is 12.1 Å². The van der Waals surface area contributed by atoms with E-state index in [2.05, 4.69) is 27.1 Å². The lowest BCUT2D eigenvalue weighted by atomic mass is 10.2. The van der Waals surface area contributed by atoms with Crippen LogP contribution in [-0.2, 0) is 6.42 Å². The summed E-state index contributed by atoms with van der Waals surface area (Å²) in [7, 11) is 0. The molecule has 2 aromatic rings. The molecule has 3 rings (SSSR count). The molecule has 1 fully saturated rings. The minimum Gasteiger partial charge on any atom is -0.355 e. The molecule has 25 heavy (non-hydrogen) atoms. The maximum absolute atomic E-state index is 13.0. The summed E-state index contributed by atoms with van der Waals surface area (Å²) < 4.78 is 13.0. The highest BCUT2D eigenvalue weighted by atomic mass is 35.5. The van der Waals surface area contributed by atoms with E-state index in [-0.39, 0.29) is 36.7 Å². The molecule has 1 aliphatic heterocycles. The zero-order chi connectivity index (χ0) is 16.2. The van der Waals surface area contributed by atoms with Crippen LogP contribution in [0.25, 0.3) is 0 Å². The van der Waals surface area contributed by atoms with Crippen molar-refractivity contribution in [1.29, 1.82) is 0 Å². The molecule has 3 N–H and O–H groups in total. The van der Waals surface area contributed by atoms with Crippen molar-refractivity contribution in [3.63, 3.8) is 0 Å². The van der Waals surface area contributed by atoms with Gasteiger partial charge in [-0.05, 0) is 37.1 Å². The van der Waals surface area contributed by atoms with Gasteiger partial charge in [-0.2, -0.15) is 4.98 Å². The van der Waals surface area contributed by atoms with Gasteiger partial charge in [0.1, 0.15) is 11.6 Å². The molecule has 0 unspecified atom stereocenters. The first kappa shape index (κ1) is 21.4. The summed E-state index contributed by atoms with van der Waals surface area (Å²) in [6.07, 6.45) is 2.90. The largest absolute Gasteiger partial charge is 0.355 e. The molecule has 0 amide bonds. The molecule has 1 atom stereocenters. The van der Waals surface area contributed by atoms with Crippen LogP contribution in [0.1, 0.15) is 25.5 Å². The van der Waals surface area contributed by atoms with Gasteiger partial charge in [0.2, 0.25) is 5.95 Å². The Morgan fingerprint density at radius 2 is 1.96 bits per heavy atom. The molecular weight excluding hydrogens is 364 g/mol. The lowest BCUT2D eigenvalue weighted by Crippen LogP contribution is -2.27. The van der Waals surface area contributed by atoms with E-state index in [0.29, 0.717) is 5.95 Å². The van der Waals surface area contributed by atoms with Crippen molar-refractivity contribution in [1.82, 2.24) is 9.97 Å². The summed E-state index contributed by atoms with van der Waals surface area (Å²) in [5.41, 5.74) is 7.77. The second-order valence-corrected chi connectivity index (χ2v) is 5.92. The number of benzene rings is 1. The summed E-state index contributed by atoms with van der Waals surface area (Å²) in [5.74, 6) is 1.18. The fourth-order valence-electron chi connectivity index (χ4n) is 2.74. The van der Waals surface area contributed by atoms with E-state index in [4.69, 9.17) is 5.73 Å². The fourth-order valence-corrected chi connectivity index (χ4v) is 2.74. The third-order valence-corrected chi connectivity index (χ3v) is 3.92. The van der Waals surface area contributed by atoms with Crippen molar-refractivity contribution in [2.45, 2.75) is 32.2 Å². The van der Waals surface area contributed by atoms with Crippen molar-refractivity contribution in [2.75, 3.05) is 23.3 Å². The Bertz CT molecular complexity index is 669. The lowest BCUT2D eigenvalue weighted by molar-refractivity contribution is 0.628. The van der Waals surface area contributed by atoms with Gasteiger partial charge in [-0.3, -0.25) is 0 Å². The van der Waals surface area contributed by atoms with Gasteiger partial charge >= 0.3 is 0 Å². The molecule has 0 spiro atoms. The van der Waals surface area contributed by atoms with E-state index in [0.717, 1.165) is 49.6 Å². The van der Waals surface area contributed by atoms with Gasteiger partial charge in [0.05, 0.1) is 0 Å². The number of hydrogen-bond acceptors (Lipinski definition) is 5. The van der Waals surface area contributed by atoms with Gasteiger partial charge in [-0.25, -0.2) is 9.37 Å². The standard InChI is InChI=1S/C17H22FN5.2ClH/c1-2-3-15-10-16(23-9-8-13(19)11-23)22-17(21-15)20-14-6-4-12(18)5-7-14;;/h4-7,10,13H,2-3,8-9,11,19H2,1H3,(H,20,21,22);2*1H/t13-;;/m0../s1. The number of hydrogen-bond donors (Lipinski definition) is 2. The SMILES string of the molecule is CCCc1cc(N2CC[C@H](N)C2)nc(Nc2ccc(F)cc2)n1.Cl.Cl. The number of nitrogens with zero attached hydrogens (tertiary/aromatic N) is 3. The number of rotatable bonds is 5. The second kappa shape index (κ2) is 9.75. The van der Waals surface area contributed by atoms with Gasteiger partial charge in [0, 0.05) is 36.6 Å². The maximum atomic E-state index is 13.0. The van der Waals surface area contributed by atoms with Crippen LogP contribution in [0.4, 0.5) is 21.8 Å². The number of aromatic nitrogens is 2. The minimum absolute atomic E-state index is 0. The Labute approximate surface area is 160 Å². The second-order valence-electron chi connectivity index (χ2n) is 5.92. The highest BCUT2D eigenvalue weighted by Gasteiger charge is 2.21. The van der Waals surface area contributed by atoms with Crippen LogP contribution < -0.4 is 16.0 Å². The molecule has 0 aliphatic carbocycles. The number of nitrogens with two attached hydrogens (primary N) is 1. The van der Waals surface area contributed by atoms with Gasteiger partial charge in [-0.1, -0.05) is 13.3 Å². The molecule has 0 bridgehead atoms. The average Bonchev–Trinajstić information content (AvgIpc) is 2.96. The number of nitrogens with one attached hydrogen (secondary N) is 1. The Hall–Kier alpha value is -1.63. The maximum Gasteiger partial charge on any atom is 0.229 e. The molecule has 1 aromatic carbocycles. The van der Waals surface area contributed by atoms with Crippen LogP contribution in [0, 0.1) is 5.82 Å². The normalized spacial score (nSPS) is 16.1. The van der Waals surface area contributed by atoms with Gasteiger partial charge in [0.15, 0.2) is 0 Å². The van der Waals surface area contributed by atoms with Gasteiger partial charge in [-0.15, -0.1) is 24.8 Å². The third kappa shape index (κ3) is 5.70. The molecule has 1 aliphatic rings. The van der Waals surface area contributed by atoms with Crippen LogP contribution in [0.15, 0.2) is 30.3 Å². The molecule has 0 radical (unpaired) electrons. The summed E-state index contributed by atoms with van der Waals surface area (Å²) in [6, 6.07) is 8.43.